The van der Waals surface area contributed by atoms with Crippen molar-refractivity contribution in [1.29, 1.82) is 0 Å². The van der Waals surface area contributed by atoms with E-state index in [-0.39, 0.29) is 0 Å². The van der Waals surface area contributed by atoms with E-state index in [1.165, 1.54) is 0 Å². The molecule has 0 spiro atoms. The van der Waals surface area contributed by atoms with Gasteiger partial charge in [0.15, 0.2) is 0 Å². The molecule has 0 atom stereocenters. The van der Waals surface area contributed by atoms with Crippen molar-refractivity contribution in [2.75, 3.05) is 33.4 Å². The molecule has 1 rings (SSSR count). The predicted molar refractivity (Wildman–Crippen MR) is 45.7 cm³/mol. The van der Waals surface area contributed by atoms with E-state index in [0.29, 0.717) is 6.04 Å². The van der Waals surface area contributed by atoms with Gasteiger partial charge in [-0.3, -0.25) is 4.90 Å². The molecule has 3 nitrogen and oxygen atoms in total. The summed E-state index contributed by atoms with van der Waals surface area (Å²) >= 11 is 0. The standard InChI is InChI=1S/C7H15NO.CH4O/c1-7(2)8-3-5-9-6-4-8;1-2/h7H,3-6H2,1-2H3;2H,1H3. The molecule has 0 aromatic carbocycles. The quantitative estimate of drug-likeness (QED) is 0.602. The molecular weight excluding hydrogens is 142 g/mol. The van der Waals surface area contributed by atoms with Gasteiger partial charge in [0.25, 0.3) is 0 Å². The highest BCUT2D eigenvalue weighted by Gasteiger charge is 2.11. The third kappa shape index (κ3) is 4.35. The van der Waals surface area contributed by atoms with Crippen LogP contribution in [0.4, 0.5) is 0 Å². The van der Waals surface area contributed by atoms with Crippen molar-refractivity contribution in [2.45, 2.75) is 19.9 Å². The van der Waals surface area contributed by atoms with Crippen LogP contribution >= 0.6 is 0 Å². The molecule has 0 bridgehead atoms. The molecule has 1 N–H and O–H groups in total. The SMILES string of the molecule is CC(C)N1CCOCC1.CO. The topological polar surface area (TPSA) is 32.7 Å². The lowest BCUT2D eigenvalue weighted by molar-refractivity contribution is 0.0238. The Labute approximate surface area is 69.0 Å². The minimum atomic E-state index is 0.689. The van der Waals surface area contributed by atoms with E-state index in [0.717, 1.165) is 33.4 Å². The van der Waals surface area contributed by atoms with Crippen LogP contribution in [0.15, 0.2) is 0 Å². The van der Waals surface area contributed by atoms with Gasteiger partial charge in [-0.2, -0.15) is 0 Å². The second-order valence-electron chi connectivity index (χ2n) is 2.74. The summed E-state index contributed by atoms with van der Waals surface area (Å²) in [6.45, 7) is 8.50. The van der Waals surface area contributed by atoms with Gasteiger partial charge in [-0.15, -0.1) is 0 Å². The highest BCUT2D eigenvalue weighted by molar-refractivity contribution is 4.64. The van der Waals surface area contributed by atoms with E-state index in [4.69, 9.17) is 9.84 Å². The van der Waals surface area contributed by atoms with Gasteiger partial charge in [-0.25, -0.2) is 0 Å². The van der Waals surface area contributed by atoms with Crippen LogP contribution in [-0.4, -0.2) is 49.5 Å². The Bertz CT molecular complexity index is 80.2. The molecule has 1 aliphatic rings. The number of ether oxygens (including phenoxy) is 1. The molecule has 0 aromatic heterocycles. The van der Waals surface area contributed by atoms with E-state index in [1.54, 1.807) is 0 Å². The molecule has 0 amide bonds. The Hall–Kier alpha value is -0.120. The van der Waals surface area contributed by atoms with E-state index >= 15 is 0 Å². The van der Waals surface area contributed by atoms with Crippen LogP contribution < -0.4 is 0 Å². The van der Waals surface area contributed by atoms with Crippen LogP contribution in [0.25, 0.3) is 0 Å². The van der Waals surface area contributed by atoms with E-state index in [2.05, 4.69) is 18.7 Å². The number of aliphatic hydroxyl groups is 1. The Morgan fingerprint density at radius 3 is 1.91 bits per heavy atom. The number of nitrogens with zero attached hydrogens (tertiary/aromatic N) is 1. The number of morpholine rings is 1. The summed E-state index contributed by atoms with van der Waals surface area (Å²) in [5, 5.41) is 7.00. The lowest BCUT2D eigenvalue weighted by Crippen LogP contribution is -2.40. The predicted octanol–water partition coefficient (Wildman–Crippen LogP) is 0.336. The summed E-state index contributed by atoms with van der Waals surface area (Å²) in [5.41, 5.74) is 0. The maximum atomic E-state index is 7.00. The van der Waals surface area contributed by atoms with Crippen LogP contribution in [0, 0.1) is 0 Å². The van der Waals surface area contributed by atoms with Crippen molar-refractivity contribution < 1.29 is 9.84 Å². The van der Waals surface area contributed by atoms with Crippen LogP contribution in [0.1, 0.15) is 13.8 Å². The maximum Gasteiger partial charge on any atom is 0.0594 e. The van der Waals surface area contributed by atoms with Crippen molar-refractivity contribution in [3.63, 3.8) is 0 Å². The normalized spacial score (nSPS) is 19.4. The second-order valence-corrected chi connectivity index (χ2v) is 2.74. The van der Waals surface area contributed by atoms with E-state index < -0.39 is 0 Å². The average Bonchev–Trinajstić information content (AvgIpc) is 2.10. The van der Waals surface area contributed by atoms with Gasteiger partial charge in [0, 0.05) is 26.2 Å². The molecule has 1 heterocycles. The number of hydrogen-bond donors (Lipinski definition) is 1. The van der Waals surface area contributed by atoms with Crippen molar-refractivity contribution in [1.82, 2.24) is 4.90 Å². The largest absolute Gasteiger partial charge is 0.400 e. The summed E-state index contributed by atoms with van der Waals surface area (Å²) in [6, 6.07) is 0.689. The van der Waals surface area contributed by atoms with Crippen LogP contribution in [0.3, 0.4) is 0 Å². The first-order chi connectivity index (χ1) is 5.30. The van der Waals surface area contributed by atoms with Gasteiger partial charge in [-0.1, -0.05) is 0 Å². The van der Waals surface area contributed by atoms with Gasteiger partial charge >= 0.3 is 0 Å². The van der Waals surface area contributed by atoms with Gasteiger partial charge in [0.2, 0.25) is 0 Å². The van der Waals surface area contributed by atoms with Crippen molar-refractivity contribution in [2.24, 2.45) is 0 Å². The summed E-state index contributed by atoms with van der Waals surface area (Å²) in [7, 11) is 1.00. The highest BCUT2D eigenvalue weighted by atomic mass is 16.5. The monoisotopic (exact) mass is 161 g/mol. The van der Waals surface area contributed by atoms with Gasteiger partial charge in [0.05, 0.1) is 13.2 Å². The second kappa shape index (κ2) is 6.58. The zero-order chi connectivity index (χ0) is 8.69. The van der Waals surface area contributed by atoms with Gasteiger partial charge < -0.3 is 9.84 Å². The van der Waals surface area contributed by atoms with E-state index in [1.807, 2.05) is 0 Å². The Morgan fingerprint density at radius 2 is 1.64 bits per heavy atom. The lowest BCUT2D eigenvalue weighted by atomic mass is 10.3. The van der Waals surface area contributed by atoms with Crippen LogP contribution in [-0.2, 0) is 4.74 Å². The zero-order valence-electron chi connectivity index (χ0n) is 7.71. The molecule has 0 unspecified atom stereocenters. The fraction of sp³-hybridized carbons (Fsp3) is 1.00. The van der Waals surface area contributed by atoms with Crippen molar-refractivity contribution >= 4 is 0 Å². The third-order valence-electron chi connectivity index (χ3n) is 1.78. The molecule has 68 valence electrons. The van der Waals surface area contributed by atoms with Gasteiger partial charge in [-0.05, 0) is 13.8 Å². The number of aliphatic hydroxyl groups excluding tert-OH is 1. The smallest absolute Gasteiger partial charge is 0.0594 e. The molecule has 1 saturated heterocycles. The minimum Gasteiger partial charge on any atom is -0.400 e. The van der Waals surface area contributed by atoms with Gasteiger partial charge in [0.1, 0.15) is 0 Å². The molecule has 0 saturated carbocycles. The molecule has 1 fully saturated rings. The fourth-order valence-electron chi connectivity index (χ4n) is 1.09. The summed E-state index contributed by atoms with van der Waals surface area (Å²) < 4.78 is 5.21. The Morgan fingerprint density at radius 1 is 1.18 bits per heavy atom. The summed E-state index contributed by atoms with van der Waals surface area (Å²) in [6.07, 6.45) is 0. The first-order valence-corrected chi connectivity index (χ1v) is 4.07. The van der Waals surface area contributed by atoms with Crippen molar-refractivity contribution in [3.8, 4) is 0 Å². The molecule has 11 heavy (non-hydrogen) atoms. The molecule has 1 aliphatic heterocycles. The van der Waals surface area contributed by atoms with Crippen LogP contribution in [0.2, 0.25) is 0 Å². The Kier molecular flexibility index (Phi) is 6.51. The highest BCUT2D eigenvalue weighted by Crippen LogP contribution is 2.01. The molecule has 0 aliphatic carbocycles. The molecule has 3 heteroatoms. The van der Waals surface area contributed by atoms with Crippen molar-refractivity contribution in [3.05, 3.63) is 0 Å². The molecule has 0 radical (unpaired) electrons. The third-order valence-corrected chi connectivity index (χ3v) is 1.78. The average molecular weight is 161 g/mol. The van der Waals surface area contributed by atoms with Crippen LogP contribution in [0.5, 0.6) is 0 Å². The summed E-state index contributed by atoms with van der Waals surface area (Å²) in [4.78, 5) is 2.43. The molecule has 0 aromatic rings. The summed E-state index contributed by atoms with van der Waals surface area (Å²) in [5.74, 6) is 0. The Balaban J connectivity index is 0.000000461. The lowest BCUT2D eigenvalue weighted by Gasteiger charge is -2.29. The zero-order valence-corrected chi connectivity index (χ0v) is 7.71. The maximum absolute atomic E-state index is 7.00. The fourth-order valence-corrected chi connectivity index (χ4v) is 1.09. The first-order valence-electron chi connectivity index (χ1n) is 4.07. The number of rotatable bonds is 1. The van der Waals surface area contributed by atoms with E-state index in [9.17, 15) is 0 Å². The minimum absolute atomic E-state index is 0.689. The molecular formula is C8H19NO2. The first kappa shape index (κ1) is 10.9. The number of hydrogen-bond acceptors (Lipinski definition) is 3.